The number of nitrogens with two attached hydrogens (primary N) is 1. The SMILES string of the molecule is C[C@H](O)[C@@H](O)[C@](O)(CN)[C@@H](C)O. The van der Waals surface area contributed by atoms with Crippen molar-refractivity contribution in [2.45, 2.75) is 37.8 Å². The van der Waals surface area contributed by atoms with Gasteiger partial charge in [0, 0.05) is 6.54 Å². The number of aliphatic hydroxyl groups excluding tert-OH is 3. The van der Waals surface area contributed by atoms with Crippen molar-refractivity contribution in [1.82, 2.24) is 0 Å². The van der Waals surface area contributed by atoms with Gasteiger partial charge in [0.1, 0.15) is 11.7 Å². The lowest BCUT2D eigenvalue weighted by Gasteiger charge is -2.35. The molecule has 0 aliphatic heterocycles. The minimum atomic E-state index is -1.84. The zero-order valence-electron chi connectivity index (χ0n) is 7.31. The molecule has 0 saturated carbocycles. The highest BCUT2D eigenvalue weighted by molar-refractivity contribution is 4.94. The summed E-state index contributed by atoms with van der Waals surface area (Å²) in [7, 11) is 0. The molecule has 0 aliphatic carbocycles. The Bertz CT molecular complexity index is 139. The summed E-state index contributed by atoms with van der Waals surface area (Å²) in [5, 5.41) is 36.9. The van der Waals surface area contributed by atoms with E-state index in [4.69, 9.17) is 15.9 Å². The Hall–Kier alpha value is -0.200. The Kier molecular flexibility index (Phi) is 4.09. The molecule has 0 heterocycles. The molecule has 0 aromatic rings. The number of hydrogen-bond acceptors (Lipinski definition) is 5. The molecule has 74 valence electrons. The summed E-state index contributed by atoms with van der Waals surface area (Å²) in [4.78, 5) is 0. The van der Waals surface area contributed by atoms with Crippen molar-refractivity contribution >= 4 is 0 Å². The number of aliphatic hydroxyl groups is 4. The van der Waals surface area contributed by atoms with Crippen LogP contribution in [0, 0.1) is 0 Å². The molecule has 0 aromatic carbocycles. The molecule has 0 saturated heterocycles. The summed E-state index contributed by atoms with van der Waals surface area (Å²) in [6, 6.07) is 0. The molecule has 6 N–H and O–H groups in total. The molecule has 0 aliphatic rings. The van der Waals surface area contributed by atoms with Crippen molar-refractivity contribution in [1.29, 1.82) is 0 Å². The van der Waals surface area contributed by atoms with Gasteiger partial charge in [-0.1, -0.05) is 0 Å². The van der Waals surface area contributed by atoms with Crippen molar-refractivity contribution in [3.05, 3.63) is 0 Å². The third kappa shape index (κ3) is 2.15. The second kappa shape index (κ2) is 4.15. The Balaban J connectivity index is 4.51. The molecule has 0 aromatic heterocycles. The molecule has 0 spiro atoms. The van der Waals surface area contributed by atoms with Crippen LogP contribution in [0.1, 0.15) is 13.8 Å². The average molecular weight is 179 g/mol. The molecule has 4 atom stereocenters. The summed E-state index contributed by atoms with van der Waals surface area (Å²) >= 11 is 0. The van der Waals surface area contributed by atoms with Crippen LogP contribution in [0.25, 0.3) is 0 Å². The molecule has 0 amide bonds. The van der Waals surface area contributed by atoms with E-state index in [9.17, 15) is 10.2 Å². The first-order valence-corrected chi connectivity index (χ1v) is 3.83. The predicted octanol–water partition coefficient (Wildman–Crippen LogP) is -2.20. The van der Waals surface area contributed by atoms with Crippen molar-refractivity contribution in [2.24, 2.45) is 5.73 Å². The monoisotopic (exact) mass is 179 g/mol. The Morgan fingerprint density at radius 1 is 1.25 bits per heavy atom. The third-order valence-corrected chi connectivity index (χ3v) is 2.02. The van der Waals surface area contributed by atoms with Gasteiger partial charge in [0.25, 0.3) is 0 Å². The zero-order valence-corrected chi connectivity index (χ0v) is 7.31. The van der Waals surface area contributed by atoms with E-state index >= 15 is 0 Å². The lowest BCUT2D eigenvalue weighted by molar-refractivity contribution is -0.163. The van der Waals surface area contributed by atoms with Crippen molar-refractivity contribution in [2.75, 3.05) is 6.54 Å². The molecular weight excluding hydrogens is 162 g/mol. The maximum absolute atomic E-state index is 9.55. The second-order valence-corrected chi connectivity index (χ2v) is 3.06. The first-order valence-electron chi connectivity index (χ1n) is 3.83. The lowest BCUT2D eigenvalue weighted by Crippen LogP contribution is -2.59. The van der Waals surface area contributed by atoms with Gasteiger partial charge >= 0.3 is 0 Å². The van der Waals surface area contributed by atoms with E-state index in [-0.39, 0.29) is 6.54 Å². The first kappa shape index (κ1) is 11.8. The maximum Gasteiger partial charge on any atom is 0.131 e. The topological polar surface area (TPSA) is 107 Å². The van der Waals surface area contributed by atoms with E-state index in [0.29, 0.717) is 0 Å². The fourth-order valence-corrected chi connectivity index (χ4v) is 0.956. The highest BCUT2D eigenvalue weighted by Crippen LogP contribution is 2.17. The molecular formula is C7H17NO4. The minimum Gasteiger partial charge on any atom is -0.391 e. The van der Waals surface area contributed by atoms with Gasteiger partial charge in [0.15, 0.2) is 0 Å². The molecule has 5 heteroatoms. The van der Waals surface area contributed by atoms with E-state index in [2.05, 4.69) is 0 Å². The number of rotatable bonds is 4. The molecule has 0 rings (SSSR count). The Morgan fingerprint density at radius 2 is 1.67 bits per heavy atom. The van der Waals surface area contributed by atoms with Gasteiger partial charge < -0.3 is 26.2 Å². The van der Waals surface area contributed by atoms with Crippen LogP contribution in [0.4, 0.5) is 0 Å². The first-order chi connectivity index (χ1) is 5.36. The van der Waals surface area contributed by atoms with Crippen molar-refractivity contribution in [3.63, 3.8) is 0 Å². The normalized spacial score (nSPS) is 24.2. The smallest absolute Gasteiger partial charge is 0.131 e. The van der Waals surface area contributed by atoms with Gasteiger partial charge in [0.2, 0.25) is 0 Å². The van der Waals surface area contributed by atoms with Gasteiger partial charge in [-0.2, -0.15) is 0 Å². The van der Waals surface area contributed by atoms with Gasteiger partial charge in [-0.3, -0.25) is 0 Å². The van der Waals surface area contributed by atoms with E-state index in [1.807, 2.05) is 0 Å². The molecule has 0 unspecified atom stereocenters. The Labute approximate surface area is 71.4 Å². The van der Waals surface area contributed by atoms with Gasteiger partial charge in [-0.25, -0.2) is 0 Å². The zero-order chi connectivity index (χ0) is 9.94. The third-order valence-electron chi connectivity index (χ3n) is 2.02. The van der Waals surface area contributed by atoms with E-state index < -0.39 is 23.9 Å². The molecule has 5 nitrogen and oxygen atoms in total. The molecule has 0 radical (unpaired) electrons. The van der Waals surface area contributed by atoms with Crippen LogP contribution in [0.5, 0.6) is 0 Å². The predicted molar refractivity (Wildman–Crippen MR) is 43.4 cm³/mol. The van der Waals surface area contributed by atoms with Crippen LogP contribution in [0.2, 0.25) is 0 Å². The molecule has 0 bridgehead atoms. The van der Waals surface area contributed by atoms with Gasteiger partial charge in [-0.05, 0) is 13.8 Å². The van der Waals surface area contributed by atoms with Crippen LogP contribution in [0.15, 0.2) is 0 Å². The van der Waals surface area contributed by atoms with Crippen LogP contribution in [-0.2, 0) is 0 Å². The number of hydrogen-bond donors (Lipinski definition) is 5. The fraction of sp³-hybridized carbons (Fsp3) is 1.00. The molecule has 12 heavy (non-hydrogen) atoms. The Morgan fingerprint density at radius 3 is 1.75 bits per heavy atom. The second-order valence-electron chi connectivity index (χ2n) is 3.06. The van der Waals surface area contributed by atoms with E-state index in [0.717, 1.165) is 0 Å². The van der Waals surface area contributed by atoms with Crippen LogP contribution in [0.3, 0.4) is 0 Å². The summed E-state index contributed by atoms with van der Waals surface area (Å²) < 4.78 is 0. The van der Waals surface area contributed by atoms with Crippen molar-refractivity contribution < 1.29 is 20.4 Å². The van der Waals surface area contributed by atoms with Crippen molar-refractivity contribution in [3.8, 4) is 0 Å². The lowest BCUT2D eigenvalue weighted by atomic mass is 9.88. The summed E-state index contributed by atoms with van der Waals surface area (Å²) in [5.74, 6) is 0. The highest BCUT2D eigenvalue weighted by atomic mass is 16.4. The summed E-state index contributed by atoms with van der Waals surface area (Å²) in [6.07, 6.45) is -3.76. The van der Waals surface area contributed by atoms with Crippen LogP contribution in [-0.4, -0.2) is 50.9 Å². The quantitative estimate of drug-likeness (QED) is 0.336. The summed E-state index contributed by atoms with van der Waals surface area (Å²) in [5.41, 5.74) is 3.33. The highest BCUT2D eigenvalue weighted by Gasteiger charge is 2.41. The van der Waals surface area contributed by atoms with Gasteiger partial charge in [0.05, 0.1) is 12.2 Å². The average Bonchev–Trinajstić information content (AvgIpc) is 2.01. The summed E-state index contributed by atoms with van der Waals surface area (Å²) in [6.45, 7) is 2.31. The van der Waals surface area contributed by atoms with E-state index in [1.54, 1.807) is 0 Å². The minimum absolute atomic E-state index is 0.309. The maximum atomic E-state index is 9.55. The van der Waals surface area contributed by atoms with Crippen LogP contribution < -0.4 is 5.73 Å². The molecule has 0 fully saturated rings. The van der Waals surface area contributed by atoms with Crippen LogP contribution >= 0.6 is 0 Å². The van der Waals surface area contributed by atoms with E-state index in [1.165, 1.54) is 13.8 Å². The fourth-order valence-electron chi connectivity index (χ4n) is 0.956. The standard InChI is InChI=1S/C7H17NO4/c1-4(9)6(11)7(12,3-8)5(2)10/h4-6,9-12H,3,8H2,1-2H3/t4-,5+,6+,7-/m0/s1. The largest absolute Gasteiger partial charge is 0.391 e. The van der Waals surface area contributed by atoms with Gasteiger partial charge in [-0.15, -0.1) is 0 Å².